The molecule has 0 aliphatic rings. The molecule has 0 bridgehead atoms. The van der Waals surface area contributed by atoms with Gasteiger partial charge in [0.05, 0.1) is 0 Å². The molecule has 0 amide bonds. The van der Waals surface area contributed by atoms with Crippen LogP contribution in [0.3, 0.4) is 0 Å². The normalized spacial score (nSPS) is 12.6. The Morgan fingerprint density at radius 3 is 2.59 bits per heavy atom. The largest absolute Gasteiger partial charge is 0.508 e. The molecule has 1 heterocycles. The van der Waals surface area contributed by atoms with Crippen LogP contribution in [0.1, 0.15) is 24.1 Å². The highest BCUT2D eigenvalue weighted by Gasteiger charge is 2.04. The Bertz CT molecular complexity index is 473. The van der Waals surface area contributed by atoms with Crippen molar-refractivity contribution in [3.8, 4) is 5.75 Å². The molecule has 90 valence electrons. The van der Waals surface area contributed by atoms with Crippen molar-refractivity contribution >= 4 is 0 Å². The van der Waals surface area contributed by atoms with Gasteiger partial charge in [0.1, 0.15) is 5.75 Å². The molecule has 17 heavy (non-hydrogen) atoms. The number of benzene rings is 1. The van der Waals surface area contributed by atoms with Crippen LogP contribution in [0, 0.1) is 0 Å². The molecule has 2 rings (SSSR count). The van der Waals surface area contributed by atoms with Crippen molar-refractivity contribution in [2.75, 3.05) is 7.05 Å². The number of aromatic nitrogens is 1. The third-order valence-electron chi connectivity index (χ3n) is 3.01. The highest BCUT2D eigenvalue weighted by Crippen LogP contribution is 2.15. The van der Waals surface area contributed by atoms with Crippen molar-refractivity contribution in [2.45, 2.75) is 19.5 Å². The zero-order valence-corrected chi connectivity index (χ0v) is 10.2. The molecule has 0 saturated heterocycles. The minimum atomic E-state index is 0.311. The molecule has 3 nitrogen and oxygen atoms in total. The lowest BCUT2D eigenvalue weighted by Gasteiger charge is -2.07. The first kappa shape index (κ1) is 11.7. The second-order valence-corrected chi connectivity index (χ2v) is 4.29. The van der Waals surface area contributed by atoms with Crippen LogP contribution in [0.5, 0.6) is 5.75 Å². The summed E-state index contributed by atoms with van der Waals surface area (Å²) in [6, 6.07) is 9.82. The average Bonchev–Trinajstić information content (AvgIpc) is 2.80. The molecule has 0 saturated carbocycles. The summed E-state index contributed by atoms with van der Waals surface area (Å²) in [5.41, 5.74) is 2.47. The fraction of sp³-hybridized carbons (Fsp3) is 0.286. The zero-order valence-electron chi connectivity index (χ0n) is 10.2. The van der Waals surface area contributed by atoms with Crippen LogP contribution >= 0.6 is 0 Å². The smallest absolute Gasteiger partial charge is 0.115 e. The van der Waals surface area contributed by atoms with Crippen LogP contribution in [0.2, 0.25) is 0 Å². The highest BCUT2D eigenvalue weighted by molar-refractivity contribution is 5.26. The summed E-state index contributed by atoms with van der Waals surface area (Å²) in [5.74, 6) is 0.311. The molecule has 0 fully saturated rings. The van der Waals surface area contributed by atoms with Gasteiger partial charge in [-0.1, -0.05) is 12.1 Å². The van der Waals surface area contributed by atoms with Crippen LogP contribution in [-0.2, 0) is 6.54 Å². The zero-order chi connectivity index (χ0) is 12.3. The number of nitrogens with one attached hydrogen (secondary N) is 1. The van der Waals surface area contributed by atoms with Gasteiger partial charge in [0.25, 0.3) is 0 Å². The lowest BCUT2D eigenvalue weighted by molar-refractivity contribution is 0.475. The van der Waals surface area contributed by atoms with E-state index in [2.05, 4.69) is 35.3 Å². The quantitative estimate of drug-likeness (QED) is 0.847. The van der Waals surface area contributed by atoms with Gasteiger partial charge in [-0.05, 0) is 43.3 Å². The molecule has 3 heteroatoms. The van der Waals surface area contributed by atoms with Crippen molar-refractivity contribution in [3.63, 3.8) is 0 Å². The van der Waals surface area contributed by atoms with Gasteiger partial charge in [-0.3, -0.25) is 0 Å². The maximum absolute atomic E-state index is 9.22. The third-order valence-corrected chi connectivity index (χ3v) is 3.01. The van der Waals surface area contributed by atoms with Crippen molar-refractivity contribution < 1.29 is 5.11 Å². The number of hydrogen-bond acceptors (Lipinski definition) is 2. The Hall–Kier alpha value is -1.74. The molecule has 2 aromatic rings. The monoisotopic (exact) mass is 230 g/mol. The van der Waals surface area contributed by atoms with Gasteiger partial charge in [-0.15, -0.1) is 0 Å². The molecular weight excluding hydrogens is 212 g/mol. The van der Waals surface area contributed by atoms with E-state index in [4.69, 9.17) is 0 Å². The van der Waals surface area contributed by atoms with Crippen molar-refractivity contribution in [1.82, 2.24) is 9.88 Å². The average molecular weight is 230 g/mol. The van der Waals surface area contributed by atoms with Gasteiger partial charge in [0.2, 0.25) is 0 Å². The van der Waals surface area contributed by atoms with E-state index in [0.717, 1.165) is 6.54 Å². The minimum Gasteiger partial charge on any atom is -0.508 e. The van der Waals surface area contributed by atoms with Gasteiger partial charge in [-0.2, -0.15) is 0 Å². The van der Waals surface area contributed by atoms with E-state index >= 15 is 0 Å². The first-order chi connectivity index (χ1) is 8.19. The van der Waals surface area contributed by atoms with E-state index in [9.17, 15) is 5.11 Å². The van der Waals surface area contributed by atoms with E-state index in [0.29, 0.717) is 11.8 Å². The second-order valence-electron chi connectivity index (χ2n) is 4.29. The first-order valence-electron chi connectivity index (χ1n) is 5.80. The van der Waals surface area contributed by atoms with Crippen LogP contribution in [0.25, 0.3) is 0 Å². The minimum absolute atomic E-state index is 0.311. The number of phenols is 1. The molecule has 0 spiro atoms. The van der Waals surface area contributed by atoms with Gasteiger partial charge in [-0.25, -0.2) is 0 Å². The fourth-order valence-electron chi connectivity index (χ4n) is 1.79. The van der Waals surface area contributed by atoms with Gasteiger partial charge >= 0.3 is 0 Å². The number of nitrogens with zero attached hydrogens (tertiary/aromatic N) is 1. The van der Waals surface area contributed by atoms with Gasteiger partial charge in [0.15, 0.2) is 0 Å². The Balaban J connectivity index is 2.08. The lowest BCUT2D eigenvalue weighted by Crippen LogP contribution is -2.11. The Morgan fingerprint density at radius 1 is 1.24 bits per heavy atom. The van der Waals surface area contributed by atoms with Crippen LogP contribution in [0.4, 0.5) is 0 Å². The van der Waals surface area contributed by atoms with Gasteiger partial charge < -0.3 is 15.0 Å². The summed E-state index contributed by atoms with van der Waals surface area (Å²) in [7, 11) is 1.96. The number of aromatic hydroxyl groups is 1. The number of phenolic OH excluding ortho intramolecular Hbond substituents is 1. The molecule has 0 radical (unpaired) electrons. The summed E-state index contributed by atoms with van der Waals surface area (Å²) in [6.45, 7) is 2.97. The van der Waals surface area contributed by atoms with E-state index < -0.39 is 0 Å². The summed E-state index contributed by atoms with van der Waals surface area (Å²) >= 11 is 0. The van der Waals surface area contributed by atoms with Crippen molar-refractivity contribution in [1.29, 1.82) is 0 Å². The molecular formula is C14H18N2O. The Morgan fingerprint density at radius 2 is 1.94 bits per heavy atom. The standard InChI is InChI=1S/C14H18N2O/c1-11(15-2)13-7-8-16(10-13)9-12-3-5-14(17)6-4-12/h3-8,10-11,15,17H,9H2,1-2H3. The fourth-order valence-corrected chi connectivity index (χ4v) is 1.79. The van der Waals surface area contributed by atoms with E-state index in [1.54, 1.807) is 12.1 Å². The van der Waals surface area contributed by atoms with Crippen LogP contribution < -0.4 is 5.32 Å². The molecule has 0 aliphatic carbocycles. The summed E-state index contributed by atoms with van der Waals surface area (Å²) < 4.78 is 2.15. The molecule has 1 aromatic heterocycles. The second kappa shape index (κ2) is 5.06. The van der Waals surface area contributed by atoms with Crippen molar-refractivity contribution in [2.24, 2.45) is 0 Å². The topological polar surface area (TPSA) is 37.2 Å². The van der Waals surface area contributed by atoms with E-state index in [1.807, 2.05) is 19.2 Å². The maximum Gasteiger partial charge on any atom is 0.115 e. The molecule has 1 atom stereocenters. The summed E-state index contributed by atoms with van der Waals surface area (Å²) in [6.07, 6.45) is 4.23. The highest BCUT2D eigenvalue weighted by atomic mass is 16.3. The number of hydrogen-bond donors (Lipinski definition) is 2. The summed E-state index contributed by atoms with van der Waals surface area (Å²) in [5, 5.41) is 12.4. The molecule has 2 N–H and O–H groups in total. The molecule has 0 aliphatic heterocycles. The Labute approximate surface area is 102 Å². The SMILES string of the molecule is CNC(C)c1ccn(Cc2ccc(O)cc2)c1. The summed E-state index contributed by atoms with van der Waals surface area (Å²) in [4.78, 5) is 0. The van der Waals surface area contributed by atoms with Crippen molar-refractivity contribution in [3.05, 3.63) is 53.9 Å². The van der Waals surface area contributed by atoms with E-state index in [-0.39, 0.29) is 0 Å². The Kier molecular flexibility index (Phi) is 3.49. The number of rotatable bonds is 4. The predicted octanol–water partition coefficient (Wildman–Crippen LogP) is 2.52. The van der Waals surface area contributed by atoms with Gasteiger partial charge in [0, 0.05) is 25.0 Å². The first-order valence-corrected chi connectivity index (χ1v) is 5.80. The van der Waals surface area contributed by atoms with Crippen LogP contribution in [0.15, 0.2) is 42.7 Å². The molecule has 1 aromatic carbocycles. The third kappa shape index (κ3) is 2.88. The lowest BCUT2D eigenvalue weighted by atomic mass is 10.2. The predicted molar refractivity (Wildman–Crippen MR) is 69.1 cm³/mol. The maximum atomic E-state index is 9.22. The molecule has 1 unspecified atom stereocenters. The van der Waals surface area contributed by atoms with Crippen LogP contribution in [-0.4, -0.2) is 16.7 Å². The van der Waals surface area contributed by atoms with E-state index in [1.165, 1.54) is 11.1 Å².